The number of non-ortho nitro benzene ring substituents is 1. The van der Waals surface area contributed by atoms with Gasteiger partial charge in [0.15, 0.2) is 0 Å². The Morgan fingerprint density at radius 2 is 1.69 bits per heavy atom. The summed E-state index contributed by atoms with van der Waals surface area (Å²) in [7, 11) is 0. The van der Waals surface area contributed by atoms with Crippen molar-refractivity contribution < 1.29 is 9.66 Å². The Morgan fingerprint density at radius 1 is 0.962 bits per heavy atom. The number of benzene rings is 3. The highest BCUT2D eigenvalue weighted by molar-refractivity contribution is 6.00. The van der Waals surface area contributed by atoms with Gasteiger partial charge in [0.2, 0.25) is 0 Å². The summed E-state index contributed by atoms with van der Waals surface area (Å²) in [6.07, 6.45) is 0. The molecule has 0 saturated heterocycles. The Bertz CT molecular complexity index is 987. The van der Waals surface area contributed by atoms with Crippen LogP contribution in [0, 0.1) is 10.1 Å². The van der Waals surface area contributed by atoms with E-state index in [1.807, 2.05) is 49.4 Å². The van der Waals surface area contributed by atoms with Gasteiger partial charge in [-0.25, -0.2) is 0 Å². The molecule has 0 aromatic heterocycles. The maximum absolute atomic E-state index is 11.2. The summed E-state index contributed by atoms with van der Waals surface area (Å²) in [4.78, 5) is 10.8. The molecule has 0 amide bonds. The van der Waals surface area contributed by atoms with Gasteiger partial charge in [0.25, 0.3) is 5.69 Å². The first-order valence-electron chi connectivity index (χ1n) is 8.41. The lowest BCUT2D eigenvalue weighted by Crippen LogP contribution is -1.96. The van der Waals surface area contributed by atoms with Crippen LogP contribution in [0.3, 0.4) is 0 Å². The normalized spacial score (nSPS) is 14.5. The molecule has 0 aliphatic carbocycles. The zero-order valence-corrected chi connectivity index (χ0v) is 14.3. The topological polar surface area (TPSA) is 52.4 Å². The van der Waals surface area contributed by atoms with E-state index in [2.05, 4.69) is 12.1 Å². The van der Waals surface area contributed by atoms with Crippen LogP contribution in [0.15, 0.2) is 72.8 Å². The third-order valence-corrected chi connectivity index (χ3v) is 4.69. The Balaban J connectivity index is 2.01. The molecule has 4 heteroatoms. The summed E-state index contributed by atoms with van der Waals surface area (Å²) in [5.41, 5.74) is 6.16. The lowest BCUT2D eigenvalue weighted by molar-refractivity contribution is -0.384. The van der Waals surface area contributed by atoms with E-state index < -0.39 is 0 Å². The average molecular weight is 343 g/mol. The fraction of sp³-hybridized carbons (Fsp3) is 0.0909. The Kier molecular flexibility index (Phi) is 4.01. The minimum absolute atomic E-state index is 0.0916. The molecule has 26 heavy (non-hydrogen) atoms. The van der Waals surface area contributed by atoms with E-state index in [1.54, 1.807) is 12.1 Å². The molecule has 0 radical (unpaired) electrons. The Morgan fingerprint density at radius 3 is 2.50 bits per heavy atom. The zero-order chi connectivity index (χ0) is 18.1. The van der Waals surface area contributed by atoms with Gasteiger partial charge in [-0.3, -0.25) is 10.1 Å². The molecule has 0 unspecified atom stereocenters. The van der Waals surface area contributed by atoms with Crippen molar-refractivity contribution in [1.29, 1.82) is 0 Å². The summed E-state index contributed by atoms with van der Waals surface area (Å²) in [6.45, 7) is 2.51. The van der Waals surface area contributed by atoms with Crippen molar-refractivity contribution in [3.63, 3.8) is 0 Å². The fourth-order valence-electron chi connectivity index (χ4n) is 3.39. The van der Waals surface area contributed by atoms with Gasteiger partial charge in [-0.05, 0) is 40.8 Å². The van der Waals surface area contributed by atoms with Crippen LogP contribution >= 0.6 is 0 Å². The number of nitro groups is 1. The van der Waals surface area contributed by atoms with Crippen molar-refractivity contribution in [3.05, 3.63) is 105 Å². The molecule has 128 valence electrons. The van der Waals surface area contributed by atoms with E-state index >= 15 is 0 Å². The number of allylic oxidation sites excluding steroid dienone is 1. The summed E-state index contributed by atoms with van der Waals surface area (Å²) >= 11 is 0. The van der Waals surface area contributed by atoms with Gasteiger partial charge in [0.1, 0.15) is 12.4 Å². The number of hydrogen-bond acceptors (Lipinski definition) is 3. The van der Waals surface area contributed by atoms with Crippen LogP contribution in [-0.2, 0) is 6.61 Å². The number of hydrogen-bond donors (Lipinski definition) is 0. The summed E-state index contributed by atoms with van der Waals surface area (Å²) < 4.78 is 6.01. The van der Waals surface area contributed by atoms with Crippen LogP contribution in [0.5, 0.6) is 5.75 Å². The van der Waals surface area contributed by atoms with Gasteiger partial charge >= 0.3 is 0 Å². The van der Waals surface area contributed by atoms with Crippen LogP contribution in [0.4, 0.5) is 5.69 Å². The van der Waals surface area contributed by atoms with Gasteiger partial charge < -0.3 is 4.74 Å². The van der Waals surface area contributed by atoms with Crippen LogP contribution in [0.25, 0.3) is 11.1 Å². The van der Waals surface area contributed by atoms with E-state index in [9.17, 15) is 10.1 Å². The van der Waals surface area contributed by atoms with Gasteiger partial charge in [-0.2, -0.15) is 0 Å². The van der Waals surface area contributed by atoms with E-state index in [0.29, 0.717) is 6.61 Å². The molecule has 4 nitrogen and oxygen atoms in total. The summed E-state index contributed by atoms with van der Waals surface area (Å²) in [5, 5.41) is 11.2. The van der Waals surface area contributed by atoms with Gasteiger partial charge in [0, 0.05) is 17.7 Å². The lowest BCUT2D eigenvalue weighted by atomic mass is 9.88. The van der Waals surface area contributed by atoms with Gasteiger partial charge in [0.05, 0.1) is 4.92 Å². The first-order chi connectivity index (χ1) is 12.6. The largest absolute Gasteiger partial charge is 0.488 e. The van der Waals surface area contributed by atoms with Gasteiger partial charge in [-0.15, -0.1) is 0 Å². The van der Waals surface area contributed by atoms with Crippen molar-refractivity contribution in [2.45, 2.75) is 13.5 Å². The second-order valence-corrected chi connectivity index (χ2v) is 6.25. The minimum atomic E-state index is -0.362. The second-order valence-electron chi connectivity index (χ2n) is 6.25. The van der Waals surface area contributed by atoms with E-state index in [0.717, 1.165) is 39.1 Å². The quantitative estimate of drug-likeness (QED) is 0.458. The molecule has 4 rings (SSSR count). The molecule has 0 spiro atoms. The van der Waals surface area contributed by atoms with Crippen molar-refractivity contribution in [2.24, 2.45) is 0 Å². The molecule has 0 fully saturated rings. The highest BCUT2D eigenvalue weighted by atomic mass is 16.6. The van der Waals surface area contributed by atoms with Crippen LogP contribution in [-0.4, -0.2) is 4.92 Å². The molecule has 1 heterocycles. The Hall–Kier alpha value is -3.40. The minimum Gasteiger partial charge on any atom is -0.488 e. The van der Waals surface area contributed by atoms with E-state index in [1.165, 1.54) is 6.07 Å². The van der Waals surface area contributed by atoms with E-state index in [4.69, 9.17) is 4.74 Å². The number of nitrogens with zero attached hydrogens (tertiary/aromatic N) is 1. The van der Waals surface area contributed by atoms with Crippen LogP contribution in [0.2, 0.25) is 0 Å². The SMILES string of the molecule is C/C(=C1\c2ccccc2COc2ccccc21)c1cccc([N+](=O)[O-])c1. The smallest absolute Gasteiger partial charge is 0.270 e. The number of nitro benzene ring substituents is 1. The highest BCUT2D eigenvalue weighted by Crippen LogP contribution is 2.41. The molecule has 0 saturated carbocycles. The van der Waals surface area contributed by atoms with Gasteiger partial charge in [-0.1, -0.05) is 54.6 Å². The number of ether oxygens (including phenoxy) is 1. The number of para-hydroxylation sites is 1. The van der Waals surface area contributed by atoms with Crippen molar-refractivity contribution in [3.8, 4) is 5.75 Å². The average Bonchev–Trinajstić information content (AvgIpc) is 2.84. The molecule has 1 aliphatic rings. The predicted octanol–water partition coefficient (Wildman–Crippen LogP) is 5.47. The van der Waals surface area contributed by atoms with Crippen LogP contribution < -0.4 is 4.74 Å². The molecule has 3 aromatic rings. The highest BCUT2D eigenvalue weighted by Gasteiger charge is 2.21. The molecule has 3 aromatic carbocycles. The van der Waals surface area contributed by atoms with Crippen molar-refractivity contribution >= 4 is 16.8 Å². The predicted molar refractivity (Wildman–Crippen MR) is 102 cm³/mol. The fourth-order valence-corrected chi connectivity index (χ4v) is 3.39. The Labute approximate surface area is 151 Å². The van der Waals surface area contributed by atoms with E-state index in [-0.39, 0.29) is 10.6 Å². The monoisotopic (exact) mass is 343 g/mol. The summed E-state index contributed by atoms with van der Waals surface area (Å²) in [5.74, 6) is 0.823. The molecule has 0 N–H and O–H groups in total. The van der Waals surface area contributed by atoms with Crippen LogP contribution in [0.1, 0.15) is 29.2 Å². The number of rotatable bonds is 2. The number of fused-ring (bicyclic) bond motifs is 2. The third kappa shape index (κ3) is 2.75. The first-order valence-corrected chi connectivity index (χ1v) is 8.41. The van der Waals surface area contributed by atoms with Crippen molar-refractivity contribution in [1.82, 2.24) is 0 Å². The maximum Gasteiger partial charge on any atom is 0.270 e. The van der Waals surface area contributed by atoms with Crippen molar-refractivity contribution in [2.75, 3.05) is 0 Å². The maximum atomic E-state index is 11.2. The lowest BCUT2D eigenvalue weighted by Gasteiger charge is -2.15. The molecular weight excluding hydrogens is 326 g/mol. The first kappa shape index (κ1) is 16.1. The molecule has 1 aliphatic heterocycles. The second kappa shape index (κ2) is 6.48. The molecule has 0 bridgehead atoms. The molecule has 0 atom stereocenters. The standard InChI is InChI=1S/C22H17NO3/c1-15(16-8-6-9-18(13-16)23(24)25)22-19-10-3-2-7-17(19)14-26-21-12-5-4-11-20(21)22/h2-13H,14H2,1H3/b22-15-. The zero-order valence-electron chi connectivity index (χ0n) is 14.3. The summed E-state index contributed by atoms with van der Waals surface area (Å²) in [6, 6.07) is 22.8. The third-order valence-electron chi connectivity index (χ3n) is 4.69. The molecular formula is C22H17NO3.